The van der Waals surface area contributed by atoms with Crippen molar-refractivity contribution in [2.75, 3.05) is 24.4 Å². The monoisotopic (exact) mass is 581 g/mol. The van der Waals surface area contributed by atoms with Gasteiger partial charge in [-0.3, -0.25) is 28.8 Å². The van der Waals surface area contributed by atoms with Crippen LogP contribution in [0.3, 0.4) is 0 Å². The van der Waals surface area contributed by atoms with Crippen LogP contribution in [-0.2, 0) is 33.6 Å². The zero-order valence-corrected chi connectivity index (χ0v) is 22.4. The average molecular weight is 582 g/mol. The van der Waals surface area contributed by atoms with Crippen molar-refractivity contribution >= 4 is 65.8 Å². The van der Waals surface area contributed by atoms with Crippen LogP contribution in [0.1, 0.15) is 25.7 Å². The highest BCUT2D eigenvalue weighted by molar-refractivity contribution is 7.98. The van der Waals surface area contributed by atoms with Gasteiger partial charge in [0, 0.05) is 12.2 Å². The number of aliphatic carboxylic acids is 1. The zero-order valence-electron chi connectivity index (χ0n) is 20.7. The molecule has 216 valence electrons. The number of aliphatic hydroxyl groups is 1. The van der Waals surface area contributed by atoms with Crippen molar-refractivity contribution in [3.63, 3.8) is 0 Å². The lowest BCUT2D eigenvalue weighted by Gasteiger charge is -2.24. The van der Waals surface area contributed by atoms with Crippen LogP contribution in [0.2, 0.25) is 0 Å². The zero-order chi connectivity index (χ0) is 29.4. The summed E-state index contributed by atoms with van der Waals surface area (Å²) in [5.74, 6) is -6.69. The van der Waals surface area contributed by atoms with Crippen molar-refractivity contribution in [1.29, 1.82) is 0 Å². The fraction of sp³-hybridized carbons (Fsp3) is 0.650. The van der Waals surface area contributed by atoms with E-state index in [1.54, 1.807) is 0 Å². The molecular formula is C20H35N7O9S2. The highest BCUT2D eigenvalue weighted by Gasteiger charge is 2.32. The molecule has 16 nitrogen and oxygen atoms in total. The first-order valence-electron chi connectivity index (χ1n) is 11.2. The van der Waals surface area contributed by atoms with Gasteiger partial charge in [0.2, 0.25) is 35.4 Å². The van der Waals surface area contributed by atoms with E-state index in [1.807, 2.05) is 6.26 Å². The Morgan fingerprint density at radius 3 is 1.76 bits per heavy atom. The van der Waals surface area contributed by atoms with Crippen LogP contribution < -0.4 is 38.5 Å². The normalized spacial score (nSPS) is 14.6. The third kappa shape index (κ3) is 13.5. The minimum Gasteiger partial charge on any atom is -0.480 e. The lowest BCUT2D eigenvalue weighted by molar-refractivity contribution is -0.142. The predicted molar refractivity (Wildman–Crippen MR) is 140 cm³/mol. The maximum atomic E-state index is 12.7. The number of primary amides is 2. The molecule has 0 rings (SSSR count). The number of hydrogen-bond donors (Lipinski definition) is 10. The average Bonchev–Trinajstić information content (AvgIpc) is 2.84. The number of amides is 6. The maximum absolute atomic E-state index is 12.7. The summed E-state index contributed by atoms with van der Waals surface area (Å²) in [4.78, 5) is 83.8. The van der Waals surface area contributed by atoms with Gasteiger partial charge in [-0.2, -0.15) is 24.4 Å². The molecule has 0 aliphatic heterocycles. The van der Waals surface area contributed by atoms with Crippen LogP contribution in [0.5, 0.6) is 0 Å². The standard InChI is InChI=1S/C20H35N7O9S2/c1-38-5-4-9(21)16(31)27-13(8-37)19(34)26-12(7-28)18(33)25-11(6-15(23)30)17(32)24-10(20(35)36)2-3-14(22)29/h9-13,28,37H,2-8,21H2,1H3,(H2,22,29)(H2,23,30)(H,24,32)(H,25,33)(H,26,34)(H,27,31)(H,35,36)/t9-,10-,11-,12-,13-/m0/s1. The van der Waals surface area contributed by atoms with E-state index in [2.05, 4.69) is 33.9 Å². The van der Waals surface area contributed by atoms with Crippen LogP contribution in [0.4, 0.5) is 0 Å². The van der Waals surface area contributed by atoms with E-state index >= 15 is 0 Å². The van der Waals surface area contributed by atoms with Crippen LogP contribution >= 0.6 is 24.4 Å². The molecule has 0 aliphatic carbocycles. The summed E-state index contributed by atoms with van der Waals surface area (Å²) in [5, 5.41) is 27.6. The summed E-state index contributed by atoms with van der Waals surface area (Å²) in [7, 11) is 0. The molecule has 0 heterocycles. The Bertz CT molecular complexity index is 878. The molecule has 38 heavy (non-hydrogen) atoms. The Hall–Kier alpha value is -3.09. The number of thiol groups is 1. The molecule has 0 unspecified atom stereocenters. The SMILES string of the molecule is CSCC[C@H](N)C(=O)N[C@@H](CS)C(=O)N[C@@H](CO)C(=O)N[C@@H](CC(N)=O)C(=O)N[C@@H](CCC(N)=O)C(=O)O. The van der Waals surface area contributed by atoms with E-state index in [-0.39, 0.29) is 18.6 Å². The van der Waals surface area contributed by atoms with Crippen molar-refractivity contribution in [3.8, 4) is 0 Å². The van der Waals surface area contributed by atoms with Crippen molar-refractivity contribution < 1.29 is 43.8 Å². The van der Waals surface area contributed by atoms with E-state index in [0.717, 1.165) is 0 Å². The second-order valence-electron chi connectivity index (χ2n) is 8.01. The molecule has 0 spiro atoms. The van der Waals surface area contributed by atoms with E-state index < -0.39 is 84.6 Å². The number of aliphatic hydroxyl groups excluding tert-OH is 1. The summed E-state index contributed by atoms with van der Waals surface area (Å²) in [6.07, 6.45) is 0.703. The second-order valence-corrected chi connectivity index (χ2v) is 9.36. The number of rotatable bonds is 19. The van der Waals surface area contributed by atoms with Crippen LogP contribution in [-0.4, -0.2) is 106 Å². The number of nitrogens with one attached hydrogen (secondary N) is 4. The van der Waals surface area contributed by atoms with Crippen LogP contribution in [0, 0.1) is 0 Å². The predicted octanol–water partition coefficient (Wildman–Crippen LogP) is -4.85. The quantitative estimate of drug-likeness (QED) is 0.0645. The molecule has 18 heteroatoms. The number of carboxylic acids is 1. The molecule has 0 bridgehead atoms. The second kappa shape index (κ2) is 18.2. The van der Waals surface area contributed by atoms with E-state index in [1.165, 1.54) is 11.8 Å². The topological polar surface area (TPSA) is 286 Å². The minimum absolute atomic E-state index is 0.179. The number of thioether (sulfide) groups is 1. The summed E-state index contributed by atoms with van der Waals surface area (Å²) < 4.78 is 0. The van der Waals surface area contributed by atoms with E-state index in [9.17, 15) is 43.8 Å². The number of carboxylic acid groups (broad SMARTS) is 1. The molecule has 0 aromatic rings. The van der Waals surface area contributed by atoms with Gasteiger partial charge < -0.3 is 48.7 Å². The largest absolute Gasteiger partial charge is 0.480 e. The van der Waals surface area contributed by atoms with Crippen molar-refractivity contribution in [3.05, 3.63) is 0 Å². The molecule has 0 radical (unpaired) electrons. The molecule has 12 N–H and O–H groups in total. The highest BCUT2D eigenvalue weighted by atomic mass is 32.2. The lowest BCUT2D eigenvalue weighted by atomic mass is 10.1. The third-order valence-electron chi connectivity index (χ3n) is 4.93. The van der Waals surface area contributed by atoms with Gasteiger partial charge >= 0.3 is 5.97 Å². The van der Waals surface area contributed by atoms with Gasteiger partial charge in [0.05, 0.1) is 19.1 Å². The summed E-state index contributed by atoms with van der Waals surface area (Å²) in [6, 6.07) is -7.01. The molecule has 0 saturated heterocycles. The van der Waals surface area contributed by atoms with Gasteiger partial charge in [0.15, 0.2) is 0 Å². The fourth-order valence-corrected chi connectivity index (χ4v) is 3.56. The van der Waals surface area contributed by atoms with Crippen LogP contribution in [0.15, 0.2) is 0 Å². The number of carbonyl (C=O) groups excluding carboxylic acids is 6. The molecule has 0 fully saturated rings. The van der Waals surface area contributed by atoms with E-state index in [4.69, 9.17) is 17.2 Å². The Balaban J connectivity index is 5.39. The van der Waals surface area contributed by atoms with Crippen molar-refractivity contribution in [1.82, 2.24) is 21.3 Å². The lowest BCUT2D eigenvalue weighted by Crippen LogP contribution is -2.60. The summed E-state index contributed by atoms with van der Waals surface area (Å²) >= 11 is 5.48. The maximum Gasteiger partial charge on any atom is 0.326 e. The van der Waals surface area contributed by atoms with Gasteiger partial charge in [-0.05, 0) is 24.9 Å². The van der Waals surface area contributed by atoms with Crippen molar-refractivity contribution in [2.45, 2.75) is 55.9 Å². The molecule has 5 atom stereocenters. The number of nitrogens with two attached hydrogens (primary N) is 3. The number of carbonyl (C=O) groups is 7. The molecular weight excluding hydrogens is 546 g/mol. The Morgan fingerprint density at radius 1 is 0.789 bits per heavy atom. The van der Waals surface area contributed by atoms with Gasteiger partial charge in [-0.1, -0.05) is 0 Å². The smallest absolute Gasteiger partial charge is 0.326 e. The van der Waals surface area contributed by atoms with Gasteiger partial charge in [-0.25, -0.2) is 4.79 Å². The fourth-order valence-electron chi connectivity index (χ4n) is 2.81. The Morgan fingerprint density at radius 2 is 1.29 bits per heavy atom. The van der Waals surface area contributed by atoms with Gasteiger partial charge in [0.1, 0.15) is 24.2 Å². The first-order valence-corrected chi connectivity index (χ1v) is 13.3. The van der Waals surface area contributed by atoms with E-state index in [0.29, 0.717) is 12.2 Å². The molecule has 6 amide bonds. The number of hydrogen-bond acceptors (Lipinski definition) is 11. The molecule has 0 aromatic heterocycles. The van der Waals surface area contributed by atoms with Crippen LogP contribution in [0.25, 0.3) is 0 Å². The first kappa shape index (κ1) is 34.9. The Kier molecular flexibility index (Phi) is 16.7. The molecule has 0 saturated carbocycles. The molecule has 0 aliphatic rings. The third-order valence-corrected chi connectivity index (χ3v) is 5.94. The first-order chi connectivity index (χ1) is 17.8. The Labute approximate surface area is 228 Å². The van der Waals surface area contributed by atoms with Gasteiger partial charge in [0.25, 0.3) is 0 Å². The highest BCUT2D eigenvalue weighted by Crippen LogP contribution is 2.03. The van der Waals surface area contributed by atoms with Crippen molar-refractivity contribution in [2.24, 2.45) is 17.2 Å². The molecule has 0 aromatic carbocycles. The minimum atomic E-state index is -1.68. The van der Waals surface area contributed by atoms with Gasteiger partial charge in [-0.15, -0.1) is 0 Å². The summed E-state index contributed by atoms with van der Waals surface area (Å²) in [5.41, 5.74) is 15.9. The summed E-state index contributed by atoms with van der Waals surface area (Å²) in [6.45, 7) is -0.945.